The number of benzene rings is 1. The Kier molecular flexibility index (Phi) is 8.89. The van der Waals surface area contributed by atoms with Gasteiger partial charge in [-0.15, -0.1) is 6.58 Å². The highest BCUT2D eigenvalue weighted by Crippen LogP contribution is 2.32. The minimum atomic E-state index is -1.32. The fourth-order valence-corrected chi connectivity index (χ4v) is 4.52. The van der Waals surface area contributed by atoms with Gasteiger partial charge in [0.25, 0.3) is 0 Å². The van der Waals surface area contributed by atoms with E-state index in [0.29, 0.717) is 36.7 Å². The molecule has 1 aromatic carbocycles. The number of nitrogens with one attached hydrogen (secondary N) is 2. The Morgan fingerprint density at radius 2 is 2.09 bits per heavy atom. The van der Waals surface area contributed by atoms with Gasteiger partial charge in [0, 0.05) is 13.1 Å². The van der Waals surface area contributed by atoms with Gasteiger partial charge in [-0.1, -0.05) is 36.4 Å². The Morgan fingerprint density at radius 1 is 1.32 bits per heavy atom. The first-order valence-corrected chi connectivity index (χ1v) is 12.4. The molecule has 0 spiro atoms. The van der Waals surface area contributed by atoms with Crippen LogP contribution in [-0.2, 0) is 26.4 Å². The molecule has 6 N–H and O–H groups in total. The summed E-state index contributed by atoms with van der Waals surface area (Å²) < 4.78 is 12.9. The summed E-state index contributed by atoms with van der Waals surface area (Å²) in [5, 5.41) is 6.33. The molecule has 0 amide bonds. The van der Waals surface area contributed by atoms with E-state index in [1.165, 1.54) is 0 Å². The standard InChI is InChI=1S/C22H31N8O3P/c1-4-11-25-18-17-19(28-21(23)27-18)30(14-26-17)12-13-32-15-34(24)29-22(3,20(31)33-5-2)16-9-7-6-8-10-16/h4,6-10,14,29H,1,5,11-13,15,24H2,2-3H3,(H3,23,25,27,28). The van der Waals surface area contributed by atoms with Crippen LogP contribution >= 0.6 is 8.22 Å². The Balaban J connectivity index is 1.60. The van der Waals surface area contributed by atoms with E-state index >= 15 is 0 Å². The second-order valence-electron chi connectivity index (χ2n) is 7.54. The van der Waals surface area contributed by atoms with E-state index in [4.69, 9.17) is 20.7 Å². The molecule has 34 heavy (non-hydrogen) atoms. The fraction of sp³-hybridized carbons (Fsp3) is 0.364. The molecule has 3 aromatic rings. The maximum Gasteiger partial charge on any atom is 0.331 e. The number of rotatable bonds is 13. The van der Waals surface area contributed by atoms with Crippen molar-refractivity contribution in [2.75, 3.05) is 37.2 Å². The molecular formula is C22H31N8O3P. The molecule has 0 aliphatic heterocycles. The normalized spacial score (nSPS) is 13.9. The number of hydrogen-bond acceptors (Lipinski definition) is 10. The molecule has 2 unspecified atom stereocenters. The predicted octanol–water partition coefficient (Wildman–Crippen LogP) is 2.32. The molecule has 11 nitrogen and oxygen atoms in total. The van der Waals surface area contributed by atoms with Crippen LogP contribution in [0.4, 0.5) is 11.8 Å². The molecule has 0 saturated carbocycles. The third-order valence-corrected chi connectivity index (χ3v) is 6.20. The summed E-state index contributed by atoms with van der Waals surface area (Å²) in [6, 6.07) is 9.36. The number of carbonyl (C=O) groups is 1. The van der Waals surface area contributed by atoms with Gasteiger partial charge in [-0.25, -0.2) is 9.78 Å². The molecule has 182 valence electrons. The van der Waals surface area contributed by atoms with Crippen molar-refractivity contribution < 1.29 is 14.3 Å². The smallest absolute Gasteiger partial charge is 0.331 e. The lowest BCUT2D eigenvalue weighted by Gasteiger charge is -2.31. The zero-order chi connectivity index (χ0) is 24.6. The summed E-state index contributed by atoms with van der Waals surface area (Å²) in [6.45, 7) is 8.89. The lowest BCUT2D eigenvalue weighted by molar-refractivity contribution is -0.150. The molecule has 0 bridgehead atoms. The lowest BCUT2D eigenvalue weighted by atomic mass is 9.93. The minimum Gasteiger partial charge on any atom is -0.464 e. The van der Waals surface area contributed by atoms with Crippen molar-refractivity contribution in [3.05, 3.63) is 54.9 Å². The van der Waals surface area contributed by atoms with Gasteiger partial charge in [0.15, 0.2) is 17.0 Å². The fourth-order valence-electron chi connectivity index (χ4n) is 3.34. The van der Waals surface area contributed by atoms with Gasteiger partial charge in [-0.05, 0) is 19.4 Å². The van der Waals surface area contributed by atoms with Crippen LogP contribution in [0.3, 0.4) is 0 Å². The largest absolute Gasteiger partial charge is 0.464 e. The van der Waals surface area contributed by atoms with Crippen LogP contribution in [-0.4, -0.2) is 51.6 Å². The van der Waals surface area contributed by atoms with Gasteiger partial charge in [0.2, 0.25) is 5.95 Å². The molecule has 3 rings (SSSR count). The van der Waals surface area contributed by atoms with E-state index in [2.05, 4.69) is 31.9 Å². The number of esters is 1. The molecule has 0 aliphatic carbocycles. The highest BCUT2D eigenvalue weighted by molar-refractivity contribution is 7.52. The summed E-state index contributed by atoms with van der Waals surface area (Å²) in [5.41, 5.74) is 13.1. The van der Waals surface area contributed by atoms with Crippen LogP contribution in [0.1, 0.15) is 19.4 Å². The van der Waals surface area contributed by atoms with E-state index in [0.717, 1.165) is 5.56 Å². The SMILES string of the molecule is C=CCNc1nc(N)nc2c1ncn2CCOCP(N)NC(C)(C(=O)OCC)c1ccccc1. The number of imidazole rings is 1. The second-order valence-corrected chi connectivity index (χ2v) is 8.96. The van der Waals surface area contributed by atoms with E-state index in [1.54, 1.807) is 26.3 Å². The summed E-state index contributed by atoms with van der Waals surface area (Å²) in [6.07, 6.45) is 3.63. The number of aromatic nitrogens is 4. The van der Waals surface area contributed by atoms with Gasteiger partial charge in [0.1, 0.15) is 5.54 Å². The minimum absolute atomic E-state index is 0.149. The Morgan fingerprint density at radius 3 is 2.79 bits per heavy atom. The summed E-state index contributed by atoms with van der Waals surface area (Å²) in [5.74, 6) is 0.314. The highest BCUT2D eigenvalue weighted by Gasteiger charge is 2.38. The first-order valence-electron chi connectivity index (χ1n) is 10.8. The number of ether oxygens (including phenoxy) is 2. The number of carbonyl (C=O) groups excluding carboxylic acids is 1. The van der Waals surface area contributed by atoms with Crippen molar-refractivity contribution in [3.63, 3.8) is 0 Å². The molecule has 2 aromatic heterocycles. The first-order chi connectivity index (χ1) is 16.4. The molecule has 12 heteroatoms. The van der Waals surface area contributed by atoms with Gasteiger partial charge < -0.3 is 25.1 Å². The quantitative estimate of drug-likeness (QED) is 0.122. The van der Waals surface area contributed by atoms with Crippen molar-refractivity contribution in [1.29, 1.82) is 0 Å². The van der Waals surface area contributed by atoms with Crippen LogP contribution in [0.2, 0.25) is 0 Å². The molecule has 2 heterocycles. The average molecular weight is 487 g/mol. The van der Waals surface area contributed by atoms with E-state index < -0.39 is 13.8 Å². The molecule has 0 fully saturated rings. The summed E-state index contributed by atoms with van der Waals surface area (Å²) in [4.78, 5) is 25.6. The van der Waals surface area contributed by atoms with Gasteiger partial charge in [-0.2, -0.15) is 9.97 Å². The van der Waals surface area contributed by atoms with Crippen LogP contribution in [0.25, 0.3) is 11.2 Å². The van der Waals surface area contributed by atoms with Crippen LogP contribution < -0.4 is 21.6 Å². The van der Waals surface area contributed by atoms with Crippen molar-refractivity contribution in [2.45, 2.75) is 25.9 Å². The highest BCUT2D eigenvalue weighted by atomic mass is 31.1. The van der Waals surface area contributed by atoms with Gasteiger partial charge in [-0.3, -0.25) is 10.6 Å². The van der Waals surface area contributed by atoms with Gasteiger partial charge >= 0.3 is 5.97 Å². The van der Waals surface area contributed by atoms with E-state index in [1.807, 2.05) is 34.9 Å². The average Bonchev–Trinajstić information content (AvgIpc) is 3.23. The molecule has 0 radical (unpaired) electrons. The summed E-state index contributed by atoms with van der Waals surface area (Å²) in [7, 11) is -1.32. The van der Waals surface area contributed by atoms with Crippen LogP contribution in [0.15, 0.2) is 49.3 Å². The summed E-state index contributed by atoms with van der Waals surface area (Å²) >= 11 is 0. The van der Waals surface area contributed by atoms with E-state index in [-0.39, 0.29) is 24.9 Å². The Hall–Kier alpha value is -3.11. The third kappa shape index (κ3) is 6.06. The maximum absolute atomic E-state index is 12.7. The number of fused-ring (bicyclic) bond motifs is 1. The van der Waals surface area contributed by atoms with Crippen LogP contribution in [0.5, 0.6) is 0 Å². The maximum atomic E-state index is 12.7. The number of nitrogens with zero attached hydrogens (tertiary/aromatic N) is 4. The Labute approximate surface area is 199 Å². The van der Waals surface area contributed by atoms with E-state index in [9.17, 15) is 4.79 Å². The number of nitrogens with two attached hydrogens (primary N) is 2. The van der Waals surface area contributed by atoms with Gasteiger partial charge in [0.05, 0.1) is 34.1 Å². The third-order valence-electron chi connectivity index (χ3n) is 5.00. The van der Waals surface area contributed by atoms with Crippen molar-refractivity contribution >= 4 is 37.1 Å². The number of nitrogen functional groups attached to an aromatic ring is 1. The zero-order valence-corrected chi connectivity index (χ0v) is 20.3. The van der Waals surface area contributed by atoms with Crippen molar-refractivity contribution in [1.82, 2.24) is 24.6 Å². The second kappa shape index (κ2) is 11.8. The van der Waals surface area contributed by atoms with Crippen LogP contribution in [0, 0.1) is 0 Å². The number of hydrogen-bond donors (Lipinski definition) is 4. The van der Waals surface area contributed by atoms with Crippen molar-refractivity contribution in [3.8, 4) is 0 Å². The molecular weight excluding hydrogens is 455 g/mol. The molecule has 2 atom stereocenters. The molecule has 0 saturated heterocycles. The monoisotopic (exact) mass is 486 g/mol. The van der Waals surface area contributed by atoms with Crippen molar-refractivity contribution in [2.24, 2.45) is 5.50 Å². The topological polar surface area (TPSA) is 155 Å². The zero-order valence-electron chi connectivity index (χ0n) is 19.4. The Bertz CT molecular complexity index is 1110. The lowest BCUT2D eigenvalue weighted by Crippen LogP contribution is -2.46. The first kappa shape index (κ1) is 25.5. The predicted molar refractivity (Wildman–Crippen MR) is 134 cm³/mol. The molecule has 0 aliphatic rings. The number of anilines is 2.